The highest BCUT2D eigenvalue weighted by Crippen LogP contribution is 2.40. The Balaban J connectivity index is 1.83. The molecule has 2 aromatic rings. The SMILES string of the molecule is CN(C)c1ncnc(Nc2cc(C3CC3)[nH]n2)c1Cl. The van der Waals surface area contributed by atoms with Gasteiger partial charge in [-0.05, 0) is 12.8 Å². The summed E-state index contributed by atoms with van der Waals surface area (Å²) >= 11 is 6.27. The summed E-state index contributed by atoms with van der Waals surface area (Å²) in [5.41, 5.74) is 1.17. The summed E-state index contributed by atoms with van der Waals surface area (Å²) < 4.78 is 0. The first-order chi connectivity index (χ1) is 9.15. The van der Waals surface area contributed by atoms with Gasteiger partial charge in [-0.25, -0.2) is 9.97 Å². The Morgan fingerprint density at radius 1 is 1.37 bits per heavy atom. The van der Waals surface area contributed by atoms with E-state index in [-0.39, 0.29) is 0 Å². The molecule has 100 valence electrons. The van der Waals surface area contributed by atoms with Crippen LogP contribution in [0.5, 0.6) is 0 Å². The molecule has 1 fully saturated rings. The minimum Gasteiger partial charge on any atom is -0.361 e. The van der Waals surface area contributed by atoms with E-state index < -0.39 is 0 Å². The van der Waals surface area contributed by atoms with E-state index in [9.17, 15) is 0 Å². The molecule has 2 heterocycles. The zero-order valence-electron chi connectivity index (χ0n) is 10.8. The smallest absolute Gasteiger partial charge is 0.156 e. The molecule has 0 spiro atoms. The van der Waals surface area contributed by atoms with E-state index in [0.29, 0.717) is 22.6 Å². The normalized spacial score (nSPS) is 14.5. The molecule has 7 heteroatoms. The predicted molar refractivity (Wildman–Crippen MR) is 75.2 cm³/mol. The standard InChI is InChI=1S/C12H15ClN6/c1-19(2)12-10(13)11(14-6-15-12)16-9-5-8(17-18-9)7-3-4-7/h5-7H,3-4H2,1-2H3,(H2,14,15,16,17,18). The Labute approximate surface area is 116 Å². The highest BCUT2D eigenvalue weighted by atomic mass is 35.5. The third kappa shape index (κ3) is 2.49. The molecular formula is C12H15ClN6. The fraction of sp³-hybridized carbons (Fsp3) is 0.417. The number of hydrogen-bond acceptors (Lipinski definition) is 5. The monoisotopic (exact) mass is 278 g/mol. The molecule has 1 saturated carbocycles. The fourth-order valence-electron chi connectivity index (χ4n) is 1.88. The number of anilines is 3. The number of halogens is 1. The van der Waals surface area contributed by atoms with Crippen molar-refractivity contribution in [2.24, 2.45) is 0 Å². The largest absolute Gasteiger partial charge is 0.361 e. The number of nitrogens with zero attached hydrogens (tertiary/aromatic N) is 4. The number of H-pyrrole nitrogens is 1. The maximum atomic E-state index is 6.27. The molecule has 0 aromatic carbocycles. The summed E-state index contributed by atoms with van der Waals surface area (Å²) in [4.78, 5) is 10.1. The van der Waals surface area contributed by atoms with E-state index in [0.717, 1.165) is 5.82 Å². The summed E-state index contributed by atoms with van der Waals surface area (Å²) in [6, 6.07) is 2.01. The van der Waals surface area contributed by atoms with Crippen LogP contribution in [0.15, 0.2) is 12.4 Å². The van der Waals surface area contributed by atoms with Gasteiger partial charge in [0.1, 0.15) is 11.3 Å². The van der Waals surface area contributed by atoms with Crippen LogP contribution in [0.1, 0.15) is 24.5 Å². The first-order valence-electron chi connectivity index (χ1n) is 6.15. The lowest BCUT2D eigenvalue weighted by atomic mass is 10.3. The van der Waals surface area contributed by atoms with E-state index in [2.05, 4.69) is 25.5 Å². The van der Waals surface area contributed by atoms with Crippen LogP contribution in [0.3, 0.4) is 0 Å². The van der Waals surface area contributed by atoms with E-state index >= 15 is 0 Å². The molecule has 0 unspecified atom stereocenters. The molecule has 1 aliphatic rings. The lowest BCUT2D eigenvalue weighted by Crippen LogP contribution is -2.12. The molecule has 0 atom stereocenters. The number of rotatable bonds is 4. The Morgan fingerprint density at radius 3 is 2.84 bits per heavy atom. The average Bonchev–Trinajstić information content (AvgIpc) is 3.12. The number of aromatic nitrogens is 4. The Morgan fingerprint density at radius 2 is 2.16 bits per heavy atom. The van der Waals surface area contributed by atoms with Crippen molar-refractivity contribution in [1.29, 1.82) is 0 Å². The van der Waals surface area contributed by atoms with Crippen molar-refractivity contribution in [3.05, 3.63) is 23.1 Å². The van der Waals surface area contributed by atoms with Crippen LogP contribution >= 0.6 is 11.6 Å². The molecule has 19 heavy (non-hydrogen) atoms. The molecule has 0 amide bonds. The molecule has 0 saturated heterocycles. The first kappa shape index (κ1) is 12.2. The second-order valence-corrected chi connectivity index (χ2v) is 5.24. The number of hydrogen-bond donors (Lipinski definition) is 2. The Kier molecular flexibility index (Phi) is 3.02. The van der Waals surface area contributed by atoms with Gasteiger partial charge in [-0.15, -0.1) is 0 Å². The topological polar surface area (TPSA) is 69.7 Å². The fourth-order valence-corrected chi connectivity index (χ4v) is 2.20. The zero-order valence-corrected chi connectivity index (χ0v) is 11.6. The molecule has 1 aliphatic carbocycles. The van der Waals surface area contributed by atoms with Gasteiger partial charge in [-0.3, -0.25) is 5.10 Å². The van der Waals surface area contributed by atoms with Crippen LogP contribution < -0.4 is 10.2 Å². The van der Waals surface area contributed by atoms with Gasteiger partial charge in [0.25, 0.3) is 0 Å². The van der Waals surface area contributed by atoms with Crippen molar-refractivity contribution < 1.29 is 0 Å². The van der Waals surface area contributed by atoms with Crippen molar-refractivity contribution in [3.63, 3.8) is 0 Å². The lowest BCUT2D eigenvalue weighted by Gasteiger charge is -2.14. The summed E-state index contributed by atoms with van der Waals surface area (Å²) in [6.07, 6.45) is 3.96. The van der Waals surface area contributed by atoms with E-state index in [1.54, 1.807) is 0 Å². The van der Waals surface area contributed by atoms with Crippen molar-refractivity contribution >= 4 is 29.1 Å². The third-order valence-corrected chi connectivity index (χ3v) is 3.40. The first-order valence-corrected chi connectivity index (χ1v) is 6.53. The average molecular weight is 279 g/mol. The summed E-state index contributed by atoms with van der Waals surface area (Å²) in [5.74, 6) is 2.61. The lowest BCUT2D eigenvalue weighted by molar-refractivity contribution is 0.966. The van der Waals surface area contributed by atoms with Crippen LogP contribution in [0.2, 0.25) is 5.02 Å². The van der Waals surface area contributed by atoms with Crippen molar-refractivity contribution in [2.75, 3.05) is 24.3 Å². The second-order valence-electron chi connectivity index (χ2n) is 4.86. The highest BCUT2D eigenvalue weighted by molar-refractivity contribution is 6.35. The van der Waals surface area contributed by atoms with Gasteiger partial charge in [0, 0.05) is 31.8 Å². The van der Waals surface area contributed by atoms with Crippen LogP contribution in [0.4, 0.5) is 17.5 Å². The maximum Gasteiger partial charge on any atom is 0.156 e. The van der Waals surface area contributed by atoms with E-state index in [4.69, 9.17) is 11.6 Å². The van der Waals surface area contributed by atoms with Gasteiger partial charge in [0.15, 0.2) is 17.5 Å². The minimum absolute atomic E-state index is 0.489. The van der Waals surface area contributed by atoms with Gasteiger partial charge in [0.2, 0.25) is 0 Å². The molecule has 2 N–H and O–H groups in total. The van der Waals surface area contributed by atoms with E-state index in [1.165, 1.54) is 24.9 Å². The summed E-state index contributed by atoms with van der Waals surface area (Å²) in [6.45, 7) is 0. The van der Waals surface area contributed by atoms with Crippen molar-refractivity contribution in [2.45, 2.75) is 18.8 Å². The molecule has 2 aromatic heterocycles. The second kappa shape index (κ2) is 4.70. The van der Waals surface area contributed by atoms with Crippen LogP contribution in [-0.2, 0) is 0 Å². The van der Waals surface area contributed by atoms with Crippen molar-refractivity contribution in [1.82, 2.24) is 20.2 Å². The predicted octanol–water partition coefficient (Wildman–Crippen LogP) is 2.54. The van der Waals surface area contributed by atoms with Crippen LogP contribution in [0.25, 0.3) is 0 Å². The third-order valence-electron chi connectivity index (χ3n) is 3.06. The van der Waals surface area contributed by atoms with E-state index in [1.807, 2.05) is 25.1 Å². The van der Waals surface area contributed by atoms with Crippen molar-refractivity contribution in [3.8, 4) is 0 Å². The van der Waals surface area contributed by atoms with Gasteiger partial charge in [-0.1, -0.05) is 11.6 Å². The summed E-state index contributed by atoms with van der Waals surface area (Å²) in [5, 5.41) is 10.9. The minimum atomic E-state index is 0.489. The van der Waals surface area contributed by atoms with Gasteiger partial charge in [0.05, 0.1) is 0 Å². The molecule has 0 aliphatic heterocycles. The molecule has 3 rings (SSSR count). The zero-order chi connectivity index (χ0) is 13.4. The quantitative estimate of drug-likeness (QED) is 0.899. The Bertz CT molecular complexity index is 590. The number of aromatic amines is 1. The Hall–Kier alpha value is -1.82. The molecular weight excluding hydrogens is 264 g/mol. The van der Waals surface area contributed by atoms with Gasteiger partial charge >= 0.3 is 0 Å². The maximum absolute atomic E-state index is 6.27. The van der Waals surface area contributed by atoms with Crippen LogP contribution in [-0.4, -0.2) is 34.3 Å². The number of nitrogens with one attached hydrogen (secondary N) is 2. The van der Waals surface area contributed by atoms with Gasteiger partial charge in [-0.2, -0.15) is 5.10 Å². The molecule has 0 radical (unpaired) electrons. The molecule has 6 nitrogen and oxygen atoms in total. The summed E-state index contributed by atoms with van der Waals surface area (Å²) in [7, 11) is 3.77. The van der Waals surface area contributed by atoms with Gasteiger partial charge < -0.3 is 10.2 Å². The molecule has 0 bridgehead atoms. The highest BCUT2D eigenvalue weighted by Gasteiger charge is 2.25. The van der Waals surface area contributed by atoms with Crippen LogP contribution in [0, 0.1) is 0 Å².